The van der Waals surface area contributed by atoms with E-state index < -0.39 is 23.4 Å². The van der Waals surface area contributed by atoms with E-state index in [1.165, 1.54) is 17.4 Å². The zero-order valence-electron chi connectivity index (χ0n) is 15.6. The summed E-state index contributed by atoms with van der Waals surface area (Å²) >= 11 is 1.32. The third-order valence-corrected chi connectivity index (χ3v) is 5.53. The first-order valence-corrected chi connectivity index (χ1v) is 9.71. The molecule has 1 aliphatic heterocycles. The third kappa shape index (κ3) is 3.34. The molecule has 0 atom stereocenters. The summed E-state index contributed by atoms with van der Waals surface area (Å²) in [5, 5.41) is 4.63. The summed E-state index contributed by atoms with van der Waals surface area (Å²) in [5.41, 5.74) is 2.59. The Morgan fingerprint density at radius 3 is 2.41 bits per heavy atom. The van der Waals surface area contributed by atoms with Crippen LogP contribution in [0.15, 0.2) is 59.6 Å². The second kappa shape index (κ2) is 7.25. The summed E-state index contributed by atoms with van der Waals surface area (Å²) in [6.07, 6.45) is 0. The van der Waals surface area contributed by atoms with E-state index in [-0.39, 0.29) is 17.0 Å². The van der Waals surface area contributed by atoms with Crippen LogP contribution in [0.1, 0.15) is 16.0 Å². The van der Waals surface area contributed by atoms with Crippen molar-refractivity contribution in [2.75, 3.05) is 10.2 Å². The highest BCUT2D eigenvalue weighted by atomic mass is 32.1. The molecule has 0 saturated carbocycles. The van der Waals surface area contributed by atoms with Gasteiger partial charge in [-0.25, -0.2) is 13.7 Å². The summed E-state index contributed by atoms with van der Waals surface area (Å²) in [6, 6.07) is 12.3. The number of anilines is 2. The maximum Gasteiger partial charge on any atom is 0.282 e. The SMILES string of the molecule is Cc1ccc(C)c(N2C(=O)C(Nc3ccc(F)c(F)c3)=C(c3cccs3)C2=O)c1. The highest BCUT2D eigenvalue weighted by Crippen LogP contribution is 2.37. The van der Waals surface area contributed by atoms with E-state index in [0.717, 1.165) is 28.2 Å². The molecule has 4 nitrogen and oxygen atoms in total. The van der Waals surface area contributed by atoms with Crippen molar-refractivity contribution >= 4 is 40.1 Å². The van der Waals surface area contributed by atoms with Gasteiger partial charge in [-0.2, -0.15) is 0 Å². The molecule has 0 bridgehead atoms. The van der Waals surface area contributed by atoms with Crippen molar-refractivity contribution < 1.29 is 18.4 Å². The molecule has 0 aliphatic carbocycles. The molecule has 3 aromatic rings. The number of hydrogen-bond donors (Lipinski definition) is 1. The summed E-state index contributed by atoms with van der Waals surface area (Å²) in [5.74, 6) is -3.04. The zero-order chi connectivity index (χ0) is 20.7. The van der Waals surface area contributed by atoms with Crippen molar-refractivity contribution in [2.24, 2.45) is 0 Å². The normalized spacial score (nSPS) is 14.1. The molecule has 2 heterocycles. The summed E-state index contributed by atoms with van der Waals surface area (Å²) in [6.45, 7) is 3.70. The van der Waals surface area contributed by atoms with E-state index in [9.17, 15) is 18.4 Å². The largest absolute Gasteiger partial charge is 0.350 e. The highest BCUT2D eigenvalue weighted by molar-refractivity contribution is 7.11. The minimum absolute atomic E-state index is 0.0318. The minimum atomic E-state index is -1.04. The van der Waals surface area contributed by atoms with Gasteiger partial charge in [0, 0.05) is 16.6 Å². The fourth-order valence-electron chi connectivity index (χ4n) is 3.19. The summed E-state index contributed by atoms with van der Waals surface area (Å²) in [4.78, 5) is 28.3. The Balaban J connectivity index is 1.82. The van der Waals surface area contributed by atoms with Gasteiger partial charge in [-0.15, -0.1) is 11.3 Å². The average molecular weight is 410 g/mol. The number of amides is 2. The number of hydrogen-bond acceptors (Lipinski definition) is 4. The number of carbonyl (C=O) groups is 2. The molecule has 0 spiro atoms. The van der Waals surface area contributed by atoms with Gasteiger partial charge in [0.15, 0.2) is 11.6 Å². The van der Waals surface area contributed by atoms with Gasteiger partial charge in [-0.05, 0) is 54.6 Å². The van der Waals surface area contributed by atoms with Crippen LogP contribution in [-0.2, 0) is 9.59 Å². The second-order valence-corrected chi connectivity index (χ2v) is 7.66. The van der Waals surface area contributed by atoms with E-state index in [1.54, 1.807) is 23.6 Å². The monoisotopic (exact) mass is 410 g/mol. The Morgan fingerprint density at radius 2 is 1.72 bits per heavy atom. The topological polar surface area (TPSA) is 49.4 Å². The van der Waals surface area contributed by atoms with Crippen molar-refractivity contribution in [3.8, 4) is 0 Å². The molecule has 146 valence electrons. The third-order valence-electron chi connectivity index (χ3n) is 4.65. The number of aryl methyl sites for hydroxylation is 2. The molecule has 2 aromatic carbocycles. The predicted octanol–water partition coefficient (Wildman–Crippen LogP) is 5.04. The van der Waals surface area contributed by atoms with Crippen LogP contribution in [0.5, 0.6) is 0 Å². The van der Waals surface area contributed by atoms with Crippen LogP contribution in [0.2, 0.25) is 0 Å². The van der Waals surface area contributed by atoms with E-state index >= 15 is 0 Å². The first-order chi connectivity index (χ1) is 13.9. The van der Waals surface area contributed by atoms with Crippen LogP contribution in [0.3, 0.4) is 0 Å². The number of nitrogens with zero attached hydrogens (tertiary/aromatic N) is 1. The Labute approximate surface area is 170 Å². The minimum Gasteiger partial charge on any atom is -0.350 e. The zero-order valence-corrected chi connectivity index (χ0v) is 16.4. The van der Waals surface area contributed by atoms with Crippen molar-refractivity contribution in [2.45, 2.75) is 13.8 Å². The molecule has 0 fully saturated rings. The van der Waals surface area contributed by atoms with Crippen molar-refractivity contribution in [1.82, 2.24) is 0 Å². The van der Waals surface area contributed by atoms with Gasteiger partial charge in [0.1, 0.15) is 5.70 Å². The van der Waals surface area contributed by atoms with E-state index in [2.05, 4.69) is 5.32 Å². The number of nitrogens with one attached hydrogen (secondary N) is 1. The number of rotatable bonds is 4. The maximum absolute atomic E-state index is 13.6. The Hall–Kier alpha value is -3.32. The van der Waals surface area contributed by atoms with Crippen LogP contribution in [0.25, 0.3) is 5.57 Å². The standard InChI is InChI=1S/C22H16F2N2O2S/c1-12-5-6-13(2)17(10-12)26-21(27)19(18-4-3-9-29-18)20(22(26)28)25-14-7-8-15(23)16(24)11-14/h3-11,25H,1-2H3. The van der Waals surface area contributed by atoms with Crippen LogP contribution < -0.4 is 10.2 Å². The molecular weight excluding hydrogens is 394 g/mol. The number of thiophene rings is 1. The number of imide groups is 1. The van der Waals surface area contributed by atoms with E-state index in [4.69, 9.17) is 0 Å². The molecule has 0 unspecified atom stereocenters. The van der Waals surface area contributed by atoms with E-state index in [1.807, 2.05) is 26.0 Å². The fraction of sp³-hybridized carbons (Fsp3) is 0.0909. The lowest BCUT2D eigenvalue weighted by molar-refractivity contribution is -0.120. The molecule has 0 radical (unpaired) electrons. The first kappa shape index (κ1) is 19.0. The van der Waals surface area contributed by atoms with Crippen LogP contribution in [-0.4, -0.2) is 11.8 Å². The molecule has 4 rings (SSSR count). The Morgan fingerprint density at radius 1 is 0.931 bits per heavy atom. The molecule has 1 N–H and O–H groups in total. The lowest BCUT2D eigenvalue weighted by Gasteiger charge is -2.18. The molecule has 29 heavy (non-hydrogen) atoms. The van der Waals surface area contributed by atoms with Crippen LogP contribution in [0.4, 0.5) is 20.2 Å². The molecule has 2 amide bonds. The van der Waals surface area contributed by atoms with Crippen LogP contribution >= 0.6 is 11.3 Å². The van der Waals surface area contributed by atoms with Gasteiger partial charge >= 0.3 is 0 Å². The molecule has 7 heteroatoms. The first-order valence-electron chi connectivity index (χ1n) is 8.83. The Bertz CT molecular complexity index is 1170. The number of halogens is 2. The number of benzene rings is 2. The lowest BCUT2D eigenvalue weighted by atomic mass is 10.1. The van der Waals surface area contributed by atoms with Crippen molar-refractivity contribution in [3.63, 3.8) is 0 Å². The van der Waals surface area contributed by atoms with Crippen molar-refractivity contribution in [1.29, 1.82) is 0 Å². The summed E-state index contributed by atoms with van der Waals surface area (Å²) in [7, 11) is 0. The van der Waals surface area contributed by atoms with Gasteiger partial charge in [0.25, 0.3) is 11.8 Å². The van der Waals surface area contributed by atoms with Crippen molar-refractivity contribution in [3.05, 3.63) is 87.2 Å². The second-order valence-electron chi connectivity index (χ2n) is 6.72. The lowest BCUT2D eigenvalue weighted by Crippen LogP contribution is -2.33. The fourth-order valence-corrected chi connectivity index (χ4v) is 3.96. The average Bonchev–Trinajstić information content (AvgIpc) is 3.28. The quantitative estimate of drug-likeness (QED) is 0.613. The van der Waals surface area contributed by atoms with Gasteiger partial charge in [0.2, 0.25) is 0 Å². The number of carbonyl (C=O) groups excluding carboxylic acids is 2. The van der Waals surface area contributed by atoms with Gasteiger partial charge in [-0.1, -0.05) is 18.2 Å². The smallest absolute Gasteiger partial charge is 0.282 e. The summed E-state index contributed by atoms with van der Waals surface area (Å²) < 4.78 is 26.9. The van der Waals surface area contributed by atoms with Gasteiger partial charge < -0.3 is 5.32 Å². The molecule has 0 saturated heterocycles. The predicted molar refractivity (Wildman–Crippen MR) is 110 cm³/mol. The molecular formula is C22H16F2N2O2S. The van der Waals surface area contributed by atoms with Gasteiger partial charge in [0.05, 0.1) is 11.3 Å². The molecule has 1 aliphatic rings. The Kier molecular flexibility index (Phi) is 4.76. The van der Waals surface area contributed by atoms with Crippen LogP contribution in [0, 0.1) is 25.5 Å². The molecule has 1 aromatic heterocycles. The van der Waals surface area contributed by atoms with Gasteiger partial charge in [-0.3, -0.25) is 9.59 Å². The van der Waals surface area contributed by atoms with E-state index in [0.29, 0.717) is 10.6 Å². The maximum atomic E-state index is 13.6. The highest BCUT2D eigenvalue weighted by Gasteiger charge is 2.41.